The normalized spacial score (nSPS) is 20.7. The summed E-state index contributed by atoms with van der Waals surface area (Å²) >= 11 is 0. The van der Waals surface area contributed by atoms with Gasteiger partial charge < -0.3 is 10.2 Å². The van der Waals surface area contributed by atoms with Crippen LogP contribution in [0.5, 0.6) is 0 Å². The molecule has 0 bridgehead atoms. The lowest BCUT2D eigenvalue weighted by Crippen LogP contribution is -2.48. The standard InChI is InChI=1S/C16H23FN2O/c1-16(2,13-8-4-5-9-14(13)17)18-15(20)12-7-6-10-19(3)11-12/h4-5,8-9,12H,6-7,10-11H2,1-3H3,(H,18,20)/t12-/m0/s1. The predicted octanol–water partition coefficient (Wildman–Crippen LogP) is 2.52. The van der Waals surface area contributed by atoms with E-state index in [1.165, 1.54) is 6.07 Å². The maximum Gasteiger partial charge on any atom is 0.225 e. The lowest BCUT2D eigenvalue weighted by atomic mass is 9.91. The molecule has 1 heterocycles. The van der Waals surface area contributed by atoms with Crippen LogP contribution in [0.15, 0.2) is 24.3 Å². The predicted molar refractivity (Wildman–Crippen MR) is 77.8 cm³/mol. The van der Waals surface area contributed by atoms with Crippen molar-refractivity contribution in [2.24, 2.45) is 5.92 Å². The number of rotatable bonds is 3. The molecule has 1 aliphatic rings. The van der Waals surface area contributed by atoms with Crippen LogP contribution in [0.25, 0.3) is 0 Å². The van der Waals surface area contributed by atoms with Crippen LogP contribution >= 0.6 is 0 Å². The van der Waals surface area contributed by atoms with Gasteiger partial charge in [-0.05, 0) is 46.3 Å². The third-order valence-electron chi connectivity index (χ3n) is 3.98. The lowest BCUT2D eigenvalue weighted by molar-refractivity contribution is -0.128. The number of hydrogen-bond acceptors (Lipinski definition) is 2. The van der Waals surface area contributed by atoms with E-state index >= 15 is 0 Å². The molecule has 0 aromatic heterocycles. The Balaban J connectivity index is 2.08. The minimum Gasteiger partial charge on any atom is -0.347 e. The van der Waals surface area contributed by atoms with Gasteiger partial charge in [-0.15, -0.1) is 0 Å². The molecule has 1 aliphatic heterocycles. The molecule has 110 valence electrons. The summed E-state index contributed by atoms with van der Waals surface area (Å²) in [6.45, 7) is 5.51. The fourth-order valence-electron chi connectivity index (χ4n) is 2.83. The van der Waals surface area contributed by atoms with E-state index in [2.05, 4.69) is 10.2 Å². The van der Waals surface area contributed by atoms with Gasteiger partial charge in [0.2, 0.25) is 5.91 Å². The van der Waals surface area contributed by atoms with E-state index in [9.17, 15) is 9.18 Å². The SMILES string of the molecule is CN1CCC[C@H](C(=O)NC(C)(C)c2ccccc2F)C1. The van der Waals surface area contributed by atoms with E-state index in [4.69, 9.17) is 0 Å². The van der Waals surface area contributed by atoms with E-state index < -0.39 is 5.54 Å². The van der Waals surface area contributed by atoms with Crippen LogP contribution in [0.3, 0.4) is 0 Å². The van der Waals surface area contributed by atoms with Gasteiger partial charge in [-0.3, -0.25) is 4.79 Å². The number of benzene rings is 1. The maximum absolute atomic E-state index is 13.9. The molecular weight excluding hydrogens is 255 g/mol. The largest absolute Gasteiger partial charge is 0.347 e. The summed E-state index contributed by atoms with van der Waals surface area (Å²) in [5, 5.41) is 3.00. The summed E-state index contributed by atoms with van der Waals surface area (Å²) in [6.07, 6.45) is 1.94. The van der Waals surface area contributed by atoms with Gasteiger partial charge in [0.1, 0.15) is 5.82 Å². The molecule has 2 rings (SSSR count). The van der Waals surface area contributed by atoms with Gasteiger partial charge in [-0.25, -0.2) is 4.39 Å². The van der Waals surface area contributed by atoms with Crippen molar-refractivity contribution < 1.29 is 9.18 Å². The lowest BCUT2D eigenvalue weighted by Gasteiger charge is -2.33. The highest BCUT2D eigenvalue weighted by atomic mass is 19.1. The van der Waals surface area contributed by atoms with Crippen LogP contribution in [-0.4, -0.2) is 30.9 Å². The average molecular weight is 278 g/mol. The first kappa shape index (κ1) is 15.0. The zero-order valence-corrected chi connectivity index (χ0v) is 12.4. The Bertz CT molecular complexity index is 487. The molecule has 20 heavy (non-hydrogen) atoms. The molecule has 4 heteroatoms. The number of hydrogen-bond donors (Lipinski definition) is 1. The van der Waals surface area contributed by atoms with Crippen LogP contribution < -0.4 is 5.32 Å². The summed E-state index contributed by atoms with van der Waals surface area (Å²) in [6, 6.07) is 6.60. The Morgan fingerprint density at radius 3 is 2.75 bits per heavy atom. The summed E-state index contributed by atoms with van der Waals surface area (Å²) in [5.74, 6) is -0.261. The first-order valence-electron chi connectivity index (χ1n) is 7.16. The molecule has 1 N–H and O–H groups in total. The summed E-state index contributed by atoms with van der Waals surface area (Å²) < 4.78 is 13.9. The number of piperidine rings is 1. The number of nitrogens with zero attached hydrogens (tertiary/aromatic N) is 1. The Morgan fingerprint density at radius 1 is 1.40 bits per heavy atom. The molecule has 1 aromatic rings. The monoisotopic (exact) mass is 278 g/mol. The van der Waals surface area contributed by atoms with Crippen LogP contribution in [0.2, 0.25) is 0 Å². The van der Waals surface area contributed by atoms with Crippen LogP contribution in [0, 0.1) is 11.7 Å². The fraction of sp³-hybridized carbons (Fsp3) is 0.562. The minimum atomic E-state index is -0.696. The number of carbonyl (C=O) groups excluding carboxylic acids is 1. The Labute approximate surface area is 120 Å². The maximum atomic E-state index is 13.9. The Morgan fingerprint density at radius 2 is 2.10 bits per heavy atom. The van der Waals surface area contributed by atoms with Gasteiger partial charge in [-0.1, -0.05) is 18.2 Å². The van der Waals surface area contributed by atoms with Crippen molar-refractivity contribution in [2.45, 2.75) is 32.2 Å². The molecule has 1 fully saturated rings. The van der Waals surface area contributed by atoms with E-state index in [1.54, 1.807) is 18.2 Å². The Kier molecular flexibility index (Phi) is 4.43. The van der Waals surface area contributed by atoms with E-state index in [0.29, 0.717) is 5.56 Å². The highest BCUT2D eigenvalue weighted by molar-refractivity contribution is 5.80. The van der Waals surface area contributed by atoms with Crippen molar-refractivity contribution >= 4 is 5.91 Å². The first-order valence-corrected chi connectivity index (χ1v) is 7.16. The molecule has 1 saturated heterocycles. The second-order valence-electron chi connectivity index (χ2n) is 6.20. The summed E-state index contributed by atoms with van der Waals surface area (Å²) in [4.78, 5) is 14.6. The zero-order chi connectivity index (χ0) is 14.8. The van der Waals surface area contributed by atoms with Crippen molar-refractivity contribution in [1.82, 2.24) is 10.2 Å². The van der Waals surface area contributed by atoms with Gasteiger partial charge >= 0.3 is 0 Å². The first-order chi connectivity index (χ1) is 9.40. The van der Waals surface area contributed by atoms with Gasteiger partial charge in [0, 0.05) is 12.1 Å². The molecule has 0 saturated carbocycles. The van der Waals surface area contributed by atoms with Crippen molar-refractivity contribution in [3.8, 4) is 0 Å². The fourth-order valence-corrected chi connectivity index (χ4v) is 2.83. The zero-order valence-electron chi connectivity index (χ0n) is 12.4. The topological polar surface area (TPSA) is 32.3 Å². The number of amides is 1. The average Bonchev–Trinajstić information content (AvgIpc) is 2.38. The number of nitrogens with one attached hydrogen (secondary N) is 1. The third kappa shape index (κ3) is 3.37. The highest BCUT2D eigenvalue weighted by Crippen LogP contribution is 2.24. The third-order valence-corrected chi connectivity index (χ3v) is 3.98. The van der Waals surface area contributed by atoms with Crippen LogP contribution in [0.4, 0.5) is 4.39 Å². The molecule has 3 nitrogen and oxygen atoms in total. The van der Waals surface area contributed by atoms with Gasteiger partial charge in [-0.2, -0.15) is 0 Å². The van der Waals surface area contributed by atoms with Crippen molar-refractivity contribution in [3.63, 3.8) is 0 Å². The highest BCUT2D eigenvalue weighted by Gasteiger charge is 2.30. The molecule has 1 aromatic carbocycles. The quantitative estimate of drug-likeness (QED) is 0.921. The molecule has 1 atom stereocenters. The second-order valence-corrected chi connectivity index (χ2v) is 6.20. The number of carbonyl (C=O) groups is 1. The minimum absolute atomic E-state index is 0.000187. The number of likely N-dealkylation sites (tertiary alicyclic amines) is 1. The Hall–Kier alpha value is -1.42. The van der Waals surface area contributed by atoms with Crippen LogP contribution in [0.1, 0.15) is 32.3 Å². The molecule has 0 aliphatic carbocycles. The smallest absolute Gasteiger partial charge is 0.225 e. The van der Waals surface area contributed by atoms with E-state index in [1.807, 2.05) is 20.9 Å². The van der Waals surface area contributed by atoms with Gasteiger partial charge in [0.05, 0.1) is 11.5 Å². The number of halogens is 1. The molecule has 0 radical (unpaired) electrons. The summed E-state index contributed by atoms with van der Waals surface area (Å²) in [7, 11) is 2.03. The van der Waals surface area contributed by atoms with Crippen molar-refractivity contribution in [1.29, 1.82) is 0 Å². The van der Waals surface area contributed by atoms with E-state index in [0.717, 1.165) is 25.9 Å². The molecule has 1 amide bonds. The van der Waals surface area contributed by atoms with Crippen molar-refractivity contribution in [3.05, 3.63) is 35.6 Å². The van der Waals surface area contributed by atoms with Gasteiger partial charge in [0.15, 0.2) is 0 Å². The van der Waals surface area contributed by atoms with Crippen LogP contribution in [-0.2, 0) is 10.3 Å². The molecule has 0 unspecified atom stereocenters. The summed E-state index contributed by atoms with van der Waals surface area (Å²) in [5.41, 5.74) is -0.171. The molecular formula is C16H23FN2O. The van der Waals surface area contributed by atoms with Gasteiger partial charge in [0.25, 0.3) is 0 Å². The molecule has 0 spiro atoms. The second kappa shape index (κ2) is 5.92. The van der Waals surface area contributed by atoms with Crippen molar-refractivity contribution in [2.75, 3.05) is 20.1 Å². The van der Waals surface area contributed by atoms with E-state index in [-0.39, 0.29) is 17.6 Å².